The van der Waals surface area contributed by atoms with Crippen LogP contribution in [0.25, 0.3) is 0 Å². The van der Waals surface area contributed by atoms with Crippen LogP contribution in [0.2, 0.25) is 0 Å². The lowest BCUT2D eigenvalue weighted by atomic mass is 10.1. The molecule has 0 aliphatic heterocycles. The van der Waals surface area contributed by atoms with Gasteiger partial charge in [-0.15, -0.1) is 11.6 Å². The average molecular weight is 290 g/mol. The number of rotatable bonds is 4. The highest BCUT2D eigenvalue weighted by Gasteiger charge is 2.08. The van der Waals surface area contributed by atoms with E-state index in [0.717, 1.165) is 16.8 Å². The van der Waals surface area contributed by atoms with Crippen molar-refractivity contribution >= 4 is 23.2 Å². The molecular weight excluding hydrogens is 274 g/mol. The third kappa shape index (κ3) is 3.31. The second-order valence-electron chi connectivity index (χ2n) is 4.47. The number of halogens is 1. The van der Waals surface area contributed by atoms with E-state index in [1.165, 1.54) is 0 Å². The number of nitrogens with one attached hydrogen (secondary N) is 1. The van der Waals surface area contributed by atoms with Gasteiger partial charge >= 0.3 is 0 Å². The van der Waals surface area contributed by atoms with E-state index < -0.39 is 0 Å². The summed E-state index contributed by atoms with van der Waals surface area (Å²) < 4.78 is 5.22. The minimum absolute atomic E-state index is 0.165. The van der Waals surface area contributed by atoms with Gasteiger partial charge in [-0.05, 0) is 42.3 Å². The molecule has 0 radical (unpaired) electrons. The number of hydrogen-bond donors (Lipinski definition) is 1. The fourth-order valence-electron chi connectivity index (χ4n) is 1.84. The number of hydrogen-bond acceptors (Lipinski definition) is 2. The minimum Gasteiger partial charge on any atom is -0.496 e. The minimum atomic E-state index is -0.165. The maximum absolute atomic E-state index is 12.2. The van der Waals surface area contributed by atoms with Crippen LogP contribution in [-0.4, -0.2) is 13.0 Å². The monoisotopic (exact) mass is 289 g/mol. The zero-order chi connectivity index (χ0) is 14.5. The van der Waals surface area contributed by atoms with Crippen molar-refractivity contribution in [1.29, 1.82) is 0 Å². The third-order valence-electron chi connectivity index (χ3n) is 3.04. The summed E-state index contributed by atoms with van der Waals surface area (Å²) in [5.41, 5.74) is 3.31. The predicted octanol–water partition coefficient (Wildman–Crippen LogP) is 3.99. The smallest absolute Gasteiger partial charge is 0.255 e. The van der Waals surface area contributed by atoms with Crippen molar-refractivity contribution < 1.29 is 9.53 Å². The van der Waals surface area contributed by atoms with Crippen LogP contribution in [0.4, 0.5) is 5.69 Å². The summed E-state index contributed by atoms with van der Waals surface area (Å²) in [5.74, 6) is 1.00. The first-order valence-corrected chi connectivity index (χ1v) is 6.78. The van der Waals surface area contributed by atoms with Crippen LogP contribution in [0.1, 0.15) is 21.5 Å². The van der Waals surface area contributed by atoms with Crippen molar-refractivity contribution in [2.24, 2.45) is 0 Å². The Morgan fingerprint density at radius 2 is 1.90 bits per heavy atom. The molecule has 0 aliphatic rings. The highest BCUT2D eigenvalue weighted by atomic mass is 35.5. The van der Waals surface area contributed by atoms with Gasteiger partial charge in [0.2, 0.25) is 0 Å². The van der Waals surface area contributed by atoms with Gasteiger partial charge in [0.05, 0.1) is 7.11 Å². The molecule has 0 heterocycles. The Kier molecular flexibility index (Phi) is 4.64. The standard InChI is InChI=1S/C16H16ClNO2/c1-11-3-6-13(9-15(11)20-2)16(19)18-14-7-4-12(10-17)5-8-14/h3-9H,10H2,1-2H3,(H,18,19). The highest BCUT2D eigenvalue weighted by Crippen LogP contribution is 2.20. The second-order valence-corrected chi connectivity index (χ2v) is 4.74. The van der Waals surface area contributed by atoms with Crippen molar-refractivity contribution in [2.45, 2.75) is 12.8 Å². The molecule has 0 aromatic heterocycles. The fourth-order valence-corrected chi connectivity index (χ4v) is 2.02. The second kappa shape index (κ2) is 6.44. The number of amides is 1. The van der Waals surface area contributed by atoms with E-state index in [1.807, 2.05) is 37.3 Å². The molecule has 4 heteroatoms. The lowest BCUT2D eigenvalue weighted by Gasteiger charge is -2.09. The maximum atomic E-state index is 12.2. The Bertz CT molecular complexity index is 608. The van der Waals surface area contributed by atoms with Crippen LogP contribution in [0.5, 0.6) is 5.75 Å². The number of anilines is 1. The van der Waals surface area contributed by atoms with Crippen molar-refractivity contribution in [3.05, 3.63) is 59.2 Å². The summed E-state index contributed by atoms with van der Waals surface area (Å²) in [7, 11) is 1.59. The molecule has 2 aromatic carbocycles. The largest absolute Gasteiger partial charge is 0.496 e. The number of carbonyl (C=O) groups is 1. The third-order valence-corrected chi connectivity index (χ3v) is 3.34. The molecule has 0 atom stereocenters. The van der Waals surface area contributed by atoms with Crippen LogP contribution in [-0.2, 0) is 5.88 Å². The zero-order valence-electron chi connectivity index (χ0n) is 11.4. The Morgan fingerprint density at radius 1 is 1.20 bits per heavy atom. The number of methoxy groups -OCH3 is 1. The van der Waals surface area contributed by atoms with Crippen LogP contribution >= 0.6 is 11.6 Å². The molecule has 0 bridgehead atoms. The summed E-state index contributed by atoms with van der Waals surface area (Å²) in [5, 5.41) is 2.84. The van der Waals surface area contributed by atoms with Gasteiger partial charge in [-0.2, -0.15) is 0 Å². The predicted molar refractivity (Wildman–Crippen MR) is 81.7 cm³/mol. The van der Waals surface area contributed by atoms with Gasteiger partial charge in [0.25, 0.3) is 5.91 Å². The lowest BCUT2D eigenvalue weighted by molar-refractivity contribution is 0.102. The summed E-state index contributed by atoms with van der Waals surface area (Å²) in [4.78, 5) is 12.2. The first kappa shape index (κ1) is 14.4. The molecule has 2 aromatic rings. The van der Waals surface area contributed by atoms with Gasteiger partial charge in [-0.25, -0.2) is 0 Å². The molecule has 0 unspecified atom stereocenters. The van der Waals surface area contributed by atoms with Crippen LogP contribution in [0.15, 0.2) is 42.5 Å². The van der Waals surface area contributed by atoms with E-state index in [9.17, 15) is 4.79 Å². The molecule has 1 amide bonds. The number of benzene rings is 2. The van der Waals surface area contributed by atoms with Crippen LogP contribution < -0.4 is 10.1 Å². The van der Waals surface area contributed by atoms with Crippen molar-refractivity contribution in [1.82, 2.24) is 0 Å². The van der Waals surface area contributed by atoms with Gasteiger partial charge in [0.1, 0.15) is 5.75 Å². The molecule has 104 valence electrons. The van der Waals surface area contributed by atoms with Crippen molar-refractivity contribution in [3.63, 3.8) is 0 Å². The number of ether oxygens (including phenoxy) is 1. The number of alkyl halides is 1. The van der Waals surface area contributed by atoms with E-state index >= 15 is 0 Å². The lowest BCUT2D eigenvalue weighted by Crippen LogP contribution is -2.12. The van der Waals surface area contributed by atoms with Gasteiger partial charge in [-0.3, -0.25) is 4.79 Å². The number of carbonyl (C=O) groups excluding carboxylic acids is 1. The van der Waals surface area contributed by atoms with Crippen molar-refractivity contribution in [3.8, 4) is 5.75 Å². The molecule has 0 spiro atoms. The van der Waals surface area contributed by atoms with Gasteiger partial charge in [0.15, 0.2) is 0 Å². The maximum Gasteiger partial charge on any atom is 0.255 e. The molecule has 2 rings (SSSR count). The highest BCUT2D eigenvalue weighted by molar-refractivity contribution is 6.17. The van der Waals surface area contributed by atoms with Crippen LogP contribution in [0, 0.1) is 6.92 Å². The molecular formula is C16H16ClNO2. The Hall–Kier alpha value is -2.00. The molecule has 0 saturated carbocycles. The Balaban J connectivity index is 2.14. The molecule has 3 nitrogen and oxygen atoms in total. The van der Waals surface area contributed by atoms with Crippen molar-refractivity contribution in [2.75, 3.05) is 12.4 Å². The summed E-state index contributed by atoms with van der Waals surface area (Å²) in [6, 6.07) is 12.8. The van der Waals surface area contributed by atoms with E-state index in [4.69, 9.17) is 16.3 Å². The van der Waals surface area contributed by atoms with E-state index in [2.05, 4.69) is 5.32 Å². The number of aryl methyl sites for hydroxylation is 1. The SMILES string of the molecule is COc1cc(C(=O)Nc2ccc(CCl)cc2)ccc1C. The zero-order valence-corrected chi connectivity index (χ0v) is 12.2. The first-order chi connectivity index (χ1) is 9.63. The van der Waals surface area contributed by atoms with Gasteiger partial charge in [-0.1, -0.05) is 18.2 Å². The summed E-state index contributed by atoms with van der Waals surface area (Å²) in [6.07, 6.45) is 0. The van der Waals surface area contributed by atoms with E-state index in [-0.39, 0.29) is 5.91 Å². The molecule has 0 aliphatic carbocycles. The first-order valence-electron chi connectivity index (χ1n) is 6.25. The van der Waals surface area contributed by atoms with E-state index in [0.29, 0.717) is 17.2 Å². The van der Waals surface area contributed by atoms with E-state index in [1.54, 1.807) is 19.2 Å². The Morgan fingerprint density at radius 3 is 2.50 bits per heavy atom. The molecule has 1 N–H and O–H groups in total. The quantitative estimate of drug-likeness (QED) is 0.864. The Labute approximate surface area is 123 Å². The molecule has 20 heavy (non-hydrogen) atoms. The van der Waals surface area contributed by atoms with Gasteiger partial charge in [0, 0.05) is 17.1 Å². The summed E-state index contributed by atoms with van der Waals surface area (Å²) >= 11 is 5.73. The summed E-state index contributed by atoms with van der Waals surface area (Å²) in [6.45, 7) is 1.94. The fraction of sp³-hybridized carbons (Fsp3) is 0.188. The average Bonchev–Trinajstić information content (AvgIpc) is 2.48. The molecule has 0 fully saturated rings. The topological polar surface area (TPSA) is 38.3 Å². The van der Waals surface area contributed by atoms with Crippen LogP contribution in [0.3, 0.4) is 0 Å². The normalized spacial score (nSPS) is 10.2. The van der Waals surface area contributed by atoms with Gasteiger partial charge < -0.3 is 10.1 Å². The molecule has 0 saturated heterocycles.